The van der Waals surface area contributed by atoms with E-state index in [2.05, 4.69) is 15.6 Å². The lowest BCUT2D eigenvalue weighted by Crippen LogP contribution is -2.51. The summed E-state index contributed by atoms with van der Waals surface area (Å²) in [5, 5.41) is 5.73. The van der Waals surface area contributed by atoms with Crippen LogP contribution in [0.2, 0.25) is 0 Å². The summed E-state index contributed by atoms with van der Waals surface area (Å²) in [6, 6.07) is 0. The number of nitrogens with one attached hydrogen (secondary N) is 2. The van der Waals surface area contributed by atoms with Gasteiger partial charge in [0, 0.05) is 13.0 Å². The molecule has 88 valence electrons. The van der Waals surface area contributed by atoms with E-state index in [0.717, 1.165) is 12.8 Å². The van der Waals surface area contributed by atoms with E-state index >= 15 is 0 Å². The molecule has 0 radical (unpaired) electrons. The number of rotatable bonds is 3. The van der Waals surface area contributed by atoms with E-state index in [9.17, 15) is 9.59 Å². The lowest BCUT2D eigenvalue weighted by molar-refractivity contribution is -0.141. The van der Waals surface area contributed by atoms with Gasteiger partial charge in [-0.3, -0.25) is 9.59 Å². The average molecular weight is 223 g/mol. The van der Waals surface area contributed by atoms with Gasteiger partial charge in [0.15, 0.2) is 0 Å². The van der Waals surface area contributed by atoms with Gasteiger partial charge in [-0.25, -0.2) is 0 Å². The molecule has 0 unspecified atom stereocenters. The average Bonchev–Trinajstić information content (AvgIpc) is 2.74. The summed E-state index contributed by atoms with van der Waals surface area (Å²) in [6.07, 6.45) is 3.78. The largest absolute Gasteiger partial charge is 0.319 e. The topological polar surface area (TPSA) is 70.6 Å². The monoisotopic (exact) mass is 223 g/mol. The van der Waals surface area contributed by atoms with Gasteiger partial charge in [0.25, 0.3) is 5.91 Å². The number of carbonyl (C=O) groups excluding carboxylic acids is 2. The van der Waals surface area contributed by atoms with E-state index in [1.165, 1.54) is 0 Å². The molecule has 16 heavy (non-hydrogen) atoms. The summed E-state index contributed by atoms with van der Waals surface area (Å²) in [7, 11) is 1.82. The molecule has 5 heteroatoms. The molecule has 0 atom stereocenters. The summed E-state index contributed by atoms with van der Waals surface area (Å²) in [4.78, 5) is 27.9. The van der Waals surface area contributed by atoms with Crippen molar-refractivity contribution in [2.45, 2.75) is 32.1 Å². The van der Waals surface area contributed by atoms with Gasteiger partial charge in [-0.1, -0.05) is 12.8 Å². The third-order valence-corrected chi connectivity index (χ3v) is 3.41. The maximum Gasteiger partial charge on any atom is 0.263 e. The minimum absolute atomic E-state index is 0.142. The Balaban J connectivity index is 2.15. The zero-order valence-electron chi connectivity index (χ0n) is 9.51. The third kappa shape index (κ3) is 1.75. The molecule has 0 aromatic rings. The molecule has 2 N–H and O–H groups in total. The van der Waals surface area contributed by atoms with Gasteiger partial charge in [0.05, 0.1) is 0 Å². The maximum absolute atomic E-state index is 12.0. The Morgan fingerprint density at radius 1 is 1.38 bits per heavy atom. The van der Waals surface area contributed by atoms with E-state index in [-0.39, 0.29) is 11.8 Å². The van der Waals surface area contributed by atoms with E-state index < -0.39 is 5.41 Å². The van der Waals surface area contributed by atoms with Crippen LogP contribution >= 0.6 is 0 Å². The molecule has 5 nitrogen and oxygen atoms in total. The highest BCUT2D eigenvalue weighted by Crippen LogP contribution is 2.40. The number of amidine groups is 1. The van der Waals surface area contributed by atoms with E-state index in [1.54, 1.807) is 0 Å². The highest BCUT2D eigenvalue weighted by Gasteiger charge is 2.50. The minimum Gasteiger partial charge on any atom is -0.319 e. The van der Waals surface area contributed by atoms with Gasteiger partial charge in [-0.05, 0) is 19.9 Å². The van der Waals surface area contributed by atoms with Gasteiger partial charge in [0.1, 0.15) is 11.3 Å². The summed E-state index contributed by atoms with van der Waals surface area (Å²) in [6.45, 7) is 0.708. The van der Waals surface area contributed by atoms with Crippen LogP contribution in [0.25, 0.3) is 0 Å². The second-order valence-corrected chi connectivity index (χ2v) is 4.46. The second-order valence-electron chi connectivity index (χ2n) is 4.46. The van der Waals surface area contributed by atoms with Crippen molar-refractivity contribution < 1.29 is 9.59 Å². The first kappa shape index (κ1) is 11.3. The van der Waals surface area contributed by atoms with Gasteiger partial charge in [0.2, 0.25) is 5.91 Å². The number of aliphatic imine (C=N–C) groups is 1. The van der Waals surface area contributed by atoms with Gasteiger partial charge in [-0.15, -0.1) is 0 Å². The number of nitrogens with zero attached hydrogens (tertiary/aromatic N) is 1. The zero-order chi connectivity index (χ0) is 11.6. The van der Waals surface area contributed by atoms with Crippen molar-refractivity contribution in [2.75, 3.05) is 13.6 Å². The van der Waals surface area contributed by atoms with Crippen LogP contribution in [-0.4, -0.2) is 31.2 Å². The molecular weight excluding hydrogens is 206 g/mol. The SMILES string of the molecule is CNCCC1=NC(=O)C2(CCCC2)C(=O)N1. The number of hydrogen-bond acceptors (Lipinski definition) is 3. The summed E-state index contributed by atoms with van der Waals surface area (Å²) < 4.78 is 0. The van der Waals surface area contributed by atoms with Gasteiger partial charge >= 0.3 is 0 Å². The maximum atomic E-state index is 12.0. The molecule has 0 bridgehead atoms. The molecule has 1 aliphatic carbocycles. The zero-order valence-corrected chi connectivity index (χ0v) is 9.51. The number of hydrogen-bond donors (Lipinski definition) is 2. The molecule has 1 aliphatic heterocycles. The van der Waals surface area contributed by atoms with Crippen LogP contribution in [0.1, 0.15) is 32.1 Å². The van der Waals surface area contributed by atoms with E-state index in [4.69, 9.17) is 0 Å². The molecule has 0 aromatic heterocycles. The predicted octanol–water partition coefficient (Wildman–Crippen LogP) is 0.211. The molecule has 1 saturated carbocycles. The fourth-order valence-electron chi connectivity index (χ4n) is 2.39. The molecule has 1 heterocycles. The van der Waals surface area contributed by atoms with Crippen LogP contribution in [-0.2, 0) is 9.59 Å². The highest BCUT2D eigenvalue weighted by atomic mass is 16.2. The normalized spacial score (nSPS) is 23.4. The molecule has 2 rings (SSSR count). The fraction of sp³-hybridized carbons (Fsp3) is 0.727. The van der Waals surface area contributed by atoms with Crippen LogP contribution in [0.15, 0.2) is 4.99 Å². The van der Waals surface area contributed by atoms with Crippen LogP contribution in [0.5, 0.6) is 0 Å². The standard InChI is InChI=1S/C11H17N3O2/c1-12-7-4-8-13-9(15)11(10(16)14-8)5-2-3-6-11/h12H,2-7H2,1H3,(H,13,14,15,16). The number of amides is 2. The molecule has 2 amide bonds. The van der Waals surface area contributed by atoms with Crippen molar-refractivity contribution in [1.82, 2.24) is 10.6 Å². The van der Waals surface area contributed by atoms with Crippen molar-refractivity contribution in [3.63, 3.8) is 0 Å². The Morgan fingerprint density at radius 3 is 2.62 bits per heavy atom. The van der Waals surface area contributed by atoms with Crippen LogP contribution < -0.4 is 10.6 Å². The van der Waals surface area contributed by atoms with Gasteiger partial charge < -0.3 is 10.6 Å². The van der Waals surface area contributed by atoms with Crippen molar-refractivity contribution in [3.05, 3.63) is 0 Å². The van der Waals surface area contributed by atoms with Crippen LogP contribution in [0.4, 0.5) is 0 Å². The lowest BCUT2D eigenvalue weighted by Gasteiger charge is -2.28. The molecule has 0 aromatic carbocycles. The molecule has 2 aliphatic rings. The Kier molecular flexibility index (Phi) is 3.05. The molecule has 1 fully saturated rings. The quantitative estimate of drug-likeness (QED) is 0.672. The van der Waals surface area contributed by atoms with Crippen molar-refractivity contribution >= 4 is 17.6 Å². The fourth-order valence-corrected chi connectivity index (χ4v) is 2.39. The van der Waals surface area contributed by atoms with E-state index in [0.29, 0.717) is 31.6 Å². The van der Waals surface area contributed by atoms with Crippen LogP contribution in [0.3, 0.4) is 0 Å². The minimum atomic E-state index is -0.830. The summed E-state index contributed by atoms with van der Waals surface area (Å²) in [5.74, 6) is 0.123. The predicted molar refractivity (Wildman–Crippen MR) is 60.0 cm³/mol. The Labute approximate surface area is 94.7 Å². The van der Waals surface area contributed by atoms with Gasteiger partial charge in [-0.2, -0.15) is 4.99 Å². The Bertz CT molecular complexity index is 343. The first-order chi connectivity index (χ1) is 7.69. The third-order valence-electron chi connectivity index (χ3n) is 3.41. The van der Waals surface area contributed by atoms with Crippen LogP contribution in [0, 0.1) is 5.41 Å². The highest BCUT2D eigenvalue weighted by molar-refractivity contribution is 6.18. The van der Waals surface area contributed by atoms with Crippen molar-refractivity contribution in [2.24, 2.45) is 10.4 Å². The Hall–Kier alpha value is -1.23. The molecular formula is C11H17N3O2. The summed E-state index contributed by atoms with van der Waals surface area (Å²) >= 11 is 0. The first-order valence-corrected chi connectivity index (χ1v) is 5.77. The Morgan fingerprint density at radius 2 is 2.06 bits per heavy atom. The van der Waals surface area contributed by atoms with Crippen molar-refractivity contribution in [1.29, 1.82) is 0 Å². The summed E-state index contributed by atoms with van der Waals surface area (Å²) in [5.41, 5.74) is -0.830. The first-order valence-electron chi connectivity index (χ1n) is 5.77. The number of carbonyl (C=O) groups is 2. The van der Waals surface area contributed by atoms with Crippen molar-refractivity contribution in [3.8, 4) is 0 Å². The molecule has 0 saturated heterocycles. The van der Waals surface area contributed by atoms with E-state index in [1.807, 2.05) is 7.05 Å². The second kappa shape index (κ2) is 4.33. The smallest absolute Gasteiger partial charge is 0.263 e. The lowest BCUT2D eigenvalue weighted by atomic mass is 9.83. The molecule has 1 spiro atoms.